The first-order chi connectivity index (χ1) is 11.1. The molecule has 3 rings (SSSR count). The summed E-state index contributed by atoms with van der Waals surface area (Å²) < 4.78 is 10.6. The first-order valence-corrected chi connectivity index (χ1v) is 8.22. The molecule has 1 N–H and O–H groups in total. The van der Waals surface area contributed by atoms with E-state index in [-0.39, 0.29) is 0 Å². The molecule has 0 amide bonds. The molecule has 0 radical (unpaired) electrons. The maximum Gasteiger partial charge on any atom is 0.162 e. The molecular formula is C17H19N3O2S. The molecule has 0 fully saturated rings. The number of methoxy groups -OCH3 is 2. The van der Waals surface area contributed by atoms with E-state index in [2.05, 4.69) is 35.2 Å². The quantitative estimate of drug-likeness (QED) is 0.755. The van der Waals surface area contributed by atoms with E-state index in [1.807, 2.05) is 18.2 Å². The molecule has 0 unspecified atom stereocenters. The van der Waals surface area contributed by atoms with Gasteiger partial charge in [0.1, 0.15) is 16.5 Å². The average Bonchev–Trinajstić information content (AvgIpc) is 2.95. The van der Waals surface area contributed by atoms with E-state index >= 15 is 0 Å². The SMILES string of the molecule is CCc1nc(Nc2ccc(OC)c(OC)c2)c2cc(C)sc2n1. The van der Waals surface area contributed by atoms with Crippen molar-refractivity contribution in [2.45, 2.75) is 20.3 Å². The van der Waals surface area contributed by atoms with Crippen molar-refractivity contribution in [3.05, 3.63) is 35.0 Å². The molecule has 0 spiro atoms. The Morgan fingerprint density at radius 2 is 1.87 bits per heavy atom. The van der Waals surface area contributed by atoms with Crippen LogP contribution >= 0.6 is 11.3 Å². The van der Waals surface area contributed by atoms with Gasteiger partial charge in [0.25, 0.3) is 0 Å². The van der Waals surface area contributed by atoms with Gasteiger partial charge in [-0.15, -0.1) is 11.3 Å². The van der Waals surface area contributed by atoms with Crippen molar-refractivity contribution in [1.29, 1.82) is 0 Å². The van der Waals surface area contributed by atoms with Crippen LogP contribution in [-0.4, -0.2) is 24.2 Å². The fraction of sp³-hybridized carbons (Fsp3) is 0.294. The van der Waals surface area contributed by atoms with Crippen LogP contribution in [0.1, 0.15) is 17.6 Å². The summed E-state index contributed by atoms with van der Waals surface area (Å²) in [6.07, 6.45) is 0.799. The van der Waals surface area contributed by atoms with Crippen LogP contribution in [0.5, 0.6) is 11.5 Å². The molecule has 120 valence electrons. The minimum absolute atomic E-state index is 0.681. The van der Waals surface area contributed by atoms with Crippen molar-refractivity contribution in [3.63, 3.8) is 0 Å². The number of benzene rings is 1. The van der Waals surface area contributed by atoms with Crippen LogP contribution in [0.25, 0.3) is 10.2 Å². The Balaban J connectivity index is 2.03. The Labute approximate surface area is 139 Å². The normalized spacial score (nSPS) is 10.8. The highest BCUT2D eigenvalue weighted by atomic mass is 32.1. The number of rotatable bonds is 5. The number of aromatic nitrogens is 2. The van der Waals surface area contributed by atoms with Gasteiger partial charge in [0.15, 0.2) is 11.5 Å². The lowest BCUT2D eigenvalue weighted by molar-refractivity contribution is 0.355. The maximum absolute atomic E-state index is 5.36. The van der Waals surface area contributed by atoms with Crippen LogP contribution in [0.15, 0.2) is 24.3 Å². The molecule has 0 aliphatic rings. The van der Waals surface area contributed by atoms with Crippen molar-refractivity contribution in [3.8, 4) is 11.5 Å². The standard InChI is InChI=1S/C17H19N3O2S/c1-5-15-19-16(12-8-10(2)23-17(12)20-15)18-11-6-7-13(21-3)14(9-11)22-4/h6-9H,5H2,1-4H3,(H,18,19,20). The van der Waals surface area contributed by atoms with Crippen LogP contribution in [0.4, 0.5) is 11.5 Å². The first kappa shape index (κ1) is 15.6. The van der Waals surface area contributed by atoms with Gasteiger partial charge in [-0.05, 0) is 25.1 Å². The number of nitrogens with zero attached hydrogens (tertiary/aromatic N) is 2. The molecular weight excluding hydrogens is 310 g/mol. The highest BCUT2D eigenvalue weighted by Crippen LogP contribution is 2.34. The van der Waals surface area contributed by atoms with Crippen molar-refractivity contribution in [2.75, 3.05) is 19.5 Å². The van der Waals surface area contributed by atoms with Gasteiger partial charge in [0.05, 0.1) is 19.6 Å². The van der Waals surface area contributed by atoms with Gasteiger partial charge >= 0.3 is 0 Å². The van der Waals surface area contributed by atoms with Crippen LogP contribution in [0.2, 0.25) is 0 Å². The third-order valence-corrected chi connectivity index (χ3v) is 4.47. The van der Waals surface area contributed by atoms with E-state index in [0.717, 1.165) is 34.0 Å². The molecule has 1 aromatic carbocycles. The van der Waals surface area contributed by atoms with E-state index in [9.17, 15) is 0 Å². The molecule has 2 heterocycles. The van der Waals surface area contributed by atoms with E-state index < -0.39 is 0 Å². The van der Waals surface area contributed by atoms with Crippen LogP contribution in [0, 0.1) is 6.92 Å². The van der Waals surface area contributed by atoms with Crippen LogP contribution in [0.3, 0.4) is 0 Å². The number of fused-ring (bicyclic) bond motifs is 1. The lowest BCUT2D eigenvalue weighted by Crippen LogP contribution is -2.00. The van der Waals surface area contributed by atoms with Gasteiger partial charge in [-0.2, -0.15) is 0 Å². The topological polar surface area (TPSA) is 56.3 Å². The highest BCUT2D eigenvalue weighted by molar-refractivity contribution is 7.18. The number of hydrogen-bond acceptors (Lipinski definition) is 6. The molecule has 2 aromatic heterocycles. The number of anilines is 2. The molecule has 23 heavy (non-hydrogen) atoms. The molecule has 0 aliphatic heterocycles. The second-order valence-corrected chi connectivity index (χ2v) is 6.35. The average molecular weight is 329 g/mol. The Bertz CT molecular complexity index is 845. The molecule has 0 saturated heterocycles. The molecule has 0 aliphatic carbocycles. The Morgan fingerprint density at radius 3 is 2.57 bits per heavy atom. The smallest absolute Gasteiger partial charge is 0.162 e. The van der Waals surface area contributed by atoms with Crippen molar-refractivity contribution in [1.82, 2.24) is 9.97 Å². The monoisotopic (exact) mass is 329 g/mol. The summed E-state index contributed by atoms with van der Waals surface area (Å²) in [4.78, 5) is 11.5. The van der Waals surface area contributed by atoms with Gasteiger partial charge in [0.2, 0.25) is 0 Å². The lowest BCUT2D eigenvalue weighted by atomic mass is 10.2. The Kier molecular flexibility index (Phi) is 4.34. The van der Waals surface area contributed by atoms with E-state index in [1.165, 1.54) is 4.88 Å². The van der Waals surface area contributed by atoms with Gasteiger partial charge in [0, 0.05) is 23.1 Å². The summed E-state index contributed by atoms with van der Waals surface area (Å²) in [5, 5.41) is 4.42. The zero-order valence-corrected chi connectivity index (χ0v) is 14.5. The van der Waals surface area contributed by atoms with E-state index in [4.69, 9.17) is 9.47 Å². The van der Waals surface area contributed by atoms with E-state index in [1.54, 1.807) is 25.6 Å². The molecule has 0 saturated carbocycles. The fourth-order valence-electron chi connectivity index (χ4n) is 2.39. The molecule has 0 atom stereocenters. The lowest BCUT2D eigenvalue weighted by Gasteiger charge is -2.12. The van der Waals surface area contributed by atoms with Crippen LogP contribution in [-0.2, 0) is 6.42 Å². The second-order valence-electron chi connectivity index (χ2n) is 5.11. The number of aryl methyl sites for hydroxylation is 2. The maximum atomic E-state index is 5.36. The number of nitrogens with one attached hydrogen (secondary N) is 1. The summed E-state index contributed by atoms with van der Waals surface area (Å²) in [6, 6.07) is 7.83. The zero-order valence-electron chi connectivity index (χ0n) is 13.6. The third-order valence-electron chi connectivity index (χ3n) is 3.52. The Morgan fingerprint density at radius 1 is 1.09 bits per heavy atom. The molecule has 3 aromatic rings. The first-order valence-electron chi connectivity index (χ1n) is 7.40. The van der Waals surface area contributed by atoms with Gasteiger partial charge in [-0.3, -0.25) is 0 Å². The summed E-state index contributed by atoms with van der Waals surface area (Å²) in [5.41, 5.74) is 0.897. The summed E-state index contributed by atoms with van der Waals surface area (Å²) in [6.45, 7) is 4.14. The number of ether oxygens (including phenoxy) is 2. The van der Waals surface area contributed by atoms with Crippen molar-refractivity contribution in [2.24, 2.45) is 0 Å². The van der Waals surface area contributed by atoms with E-state index in [0.29, 0.717) is 11.5 Å². The second kappa shape index (κ2) is 6.42. The number of hydrogen-bond donors (Lipinski definition) is 1. The van der Waals surface area contributed by atoms with Gasteiger partial charge < -0.3 is 14.8 Å². The van der Waals surface area contributed by atoms with Crippen molar-refractivity contribution < 1.29 is 9.47 Å². The number of thiophene rings is 1. The minimum atomic E-state index is 0.681. The van der Waals surface area contributed by atoms with Crippen molar-refractivity contribution >= 4 is 33.1 Å². The van der Waals surface area contributed by atoms with Crippen LogP contribution < -0.4 is 14.8 Å². The minimum Gasteiger partial charge on any atom is -0.493 e. The summed E-state index contributed by atoms with van der Waals surface area (Å²) in [7, 11) is 3.25. The highest BCUT2D eigenvalue weighted by Gasteiger charge is 2.11. The fourth-order valence-corrected chi connectivity index (χ4v) is 3.29. The predicted octanol–water partition coefficient (Wildman–Crippen LogP) is 4.32. The summed E-state index contributed by atoms with van der Waals surface area (Å²) >= 11 is 1.68. The molecule has 0 bridgehead atoms. The molecule has 5 nitrogen and oxygen atoms in total. The summed E-state index contributed by atoms with van der Waals surface area (Å²) in [5.74, 6) is 3.04. The largest absolute Gasteiger partial charge is 0.493 e. The Hall–Kier alpha value is -2.34. The zero-order chi connectivity index (χ0) is 16.4. The van der Waals surface area contributed by atoms with Gasteiger partial charge in [-0.1, -0.05) is 6.92 Å². The van der Waals surface area contributed by atoms with Gasteiger partial charge in [-0.25, -0.2) is 9.97 Å². The third kappa shape index (κ3) is 3.07. The molecule has 6 heteroatoms. The predicted molar refractivity (Wildman–Crippen MR) is 94.4 cm³/mol.